The molecule has 0 radical (unpaired) electrons. The first-order chi connectivity index (χ1) is 14.8. The van der Waals surface area contributed by atoms with Crippen LogP contribution in [0, 0.1) is 6.92 Å². The fourth-order valence-corrected chi connectivity index (χ4v) is 4.78. The smallest absolute Gasteiger partial charge is 0.220 e. The van der Waals surface area contributed by atoms with Crippen LogP contribution in [-0.2, 0) is 23.1 Å². The van der Waals surface area contributed by atoms with Gasteiger partial charge in [0.1, 0.15) is 0 Å². The molecule has 2 N–H and O–H groups in total. The normalized spacial score (nSPS) is 19.4. The molecule has 6 heteroatoms. The van der Waals surface area contributed by atoms with E-state index in [0.717, 1.165) is 24.1 Å². The lowest BCUT2D eigenvalue weighted by Crippen LogP contribution is -2.44. The van der Waals surface area contributed by atoms with Crippen molar-refractivity contribution in [3.8, 4) is 0 Å². The highest BCUT2D eigenvalue weighted by atomic mass is 16.2. The molecule has 1 aliphatic heterocycles. The van der Waals surface area contributed by atoms with Crippen molar-refractivity contribution in [2.75, 3.05) is 0 Å². The quantitative estimate of drug-likeness (QED) is 0.614. The Hall–Kier alpha value is -3.15. The largest absolute Gasteiger partial charge is 0.350 e. The molecule has 3 aromatic rings. The number of amides is 2. The number of fused-ring (bicyclic) bond motifs is 1. The van der Waals surface area contributed by atoms with E-state index < -0.39 is 0 Å². The second-order valence-corrected chi connectivity index (χ2v) is 8.78. The molecule has 0 aliphatic carbocycles. The summed E-state index contributed by atoms with van der Waals surface area (Å²) in [6.45, 7) is 3.93. The Morgan fingerprint density at radius 3 is 2.74 bits per heavy atom. The minimum atomic E-state index is -0.383. The number of carbonyl (C=O) groups excluding carboxylic acids is 2. The zero-order chi connectivity index (χ0) is 22.0. The minimum Gasteiger partial charge on any atom is -0.350 e. The van der Waals surface area contributed by atoms with E-state index in [-0.39, 0.29) is 23.4 Å². The van der Waals surface area contributed by atoms with Gasteiger partial charge in [-0.2, -0.15) is 5.10 Å². The maximum atomic E-state index is 12.7. The van der Waals surface area contributed by atoms with Crippen LogP contribution in [0.1, 0.15) is 55.5 Å². The van der Waals surface area contributed by atoms with Gasteiger partial charge in [0.15, 0.2) is 0 Å². The van der Waals surface area contributed by atoms with Crippen molar-refractivity contribution in [3.63, 3.8) is 0 Å². The van der Waals surface area contributed by atoms with E-state index in [1.807, 2.05) is 39.2 Å². The maximum absolute atomic E-state index is 12.7. The highest BCUT2D eigenvalue weighted by Gasteiger charge is 2.38. The summed E-state index contributed by atoms with van der Waals surface area (Å²) in [6, 6.07) is 14.5. The zero-order valence-corrected chi connectivity index (χ0v) is 18.4. The number of aromatic nitrogens is 2. The number of carbonyl (C=O) groups is 2. The van der Waals surface area contributed by atoms with Crippen molar-refractivity contribution in [3.05, 3.63) is 65.5 Å². The average Bonchev–Trinajstić information content (AvgIpc) is 3.28. The van der Waals surface area contributed by atoms with Crippen LogP contribution >= 0.6 is 0 Å². The molecule has 2 aromatic carbocycles. The third-order valence-electron chi connectivity index (χ3n) is 6.37. The van der Waals surface area contributed by atoms with Crippen LogP contribution in [0.4, 0.5) is 0 Å². The number of nitrogens with one attached hydrogen (secondary N) is 2. The van der Waals surface area contributed by atoms with Crippen molar-refractivity contribution in [1.82, 2.24) is 20.4 Å². The predicted octanol–water partition coefficient (Wildman–Crippen LogP) is 3.73. The molecule has 31 heavy (non-hydrogen) atoms. The second kappa shape index (κ2) is 8.53. The monoisotopic (exact) mass is 418 g/mol. The van der Waals surface area contributed by atoms with Gasteiger partial charge in [0.05, 0.1) is 11.7 Å². The molecular formula is C25H30N4O2. The van der Waals surface area contributed by atoms with Gasteiger partial charge in [0.25, 0.3) is 0 Å². The summed E-state index contributed by atoms with van der Waals surface area (Å²) >= 11 is 0. The third kappa shape index (κ3) is 4.63. The Balaban J connectivity index is 1.46. The number of hydrogen-bond acceptors (Lipinski definition) is 3. The fourth-order valence-electron chi connectivity index (χ4n) is 4.78. The highest BCUT2D eigenvalue weighted by molar-refractivity contribution is 5.86. The molecule has 6 nitrogen and oxygen atoms in total. The molecule has 1 aliphatic rings. The lowest BCUT2D eigenvalue weighted by molar-refractivity contribution is -0.123. The van der Waals surface area contributed by atoms with Gasteiger partial charge in [0, 0.05) is 37.2 Å². The Morgan fingerprint density at radius 1 is 1.26 bits per heavy atom. The first-order valence-corrected chi connectivity index (χ1v) is 10.9. The minimum absolute atomic E-state index is 0.00537. The van der Waals surface area contributed by atoms with Gasteiger partial charge in [-0.3, -0.25) is 14.3 Å². The van der Waals surface area contributed by atoms with Crippen molar-refractivity contribution < 1.29 is 9.59 Å². The maximum Gasteiger partial charge on any atom is 0.220 e. The van der Waals surface area contributed by atoms with E-state index in [1.165, 1.54) is 16.3 Å². The topological polar surface area (TPSA) is 76.0 Å². The third-order valence-corrected chi connectivity index (χ3v) is 6.37. The molecule has 162 valence electrons. The van der Waals surface area contributed by atoms with Gasteiger partial charge < -0.3 is 10.6 Å². The van der Waals surface area contributed by atoms with Gasteiger partial charge in [-0.1, -0.05) is 42.5 Å². The molecule has 0 saturated carbocycles. The molecule has 1 fully saturated rings. The highest BCUT2D eigenvalue weighted by Crippen LogP contribution is 2.32. The van der Waals surface area contributed by atoms with Crippen LogP contribution in [0.5, 0.6) is 0 Å². The number of hydrogen-bond donors (Lipinski definition) is 2. The molecule has 0 spiro atoms. The molecule has 2 atom stereocenters. The van der Waals surface area contributed by atoms with E-state index in [4.69, 9.17) is 0 Å². The number of aryl methyl sites for hydroxylation is 2. The van der Waals surface area contributed by atoms with Crippen LogP contribution in [-0.4, -0.2) is 27.1 Å². The Labute approximate surface area is 183 Å². The van der Waals surface area contributed by atoms with E-state index in [9.17, 15) is 9.59 Å². The van der Waals surface area contributed by atoms with Crippen LogP contribution in [0.15, 0.2) is 48.7 Å². The molecule has 0 unspecified atom stereocenters. The number of rotatable bonds is 7. The van der Waals surface area contributed by atoms with Gasteiger partial charge >= 0.3 is 0 Å². The van der Waals surface area contributed by atoms with E-state index in [1.54, 1.807) is 4.68 Å². The fraction of sp³-hybridized carbons (Fsp3) is 0.400. The summed E-state index contributed by atoms with van der Waals surface area (Å²) in [5, 5.41) is 13.0. The Bertz CT molecular complexity index is 1110. The van der Waals surface area contributed by atoms with E-state index >= 15 is 0 Å². The Kier molecular flexibility index (Phi) is 5.81. The first kappa shape index (κ1) is 21.1. The lowest BCUT2D eigenvalue weighted by Gasteiger charge is -2.30. The summed E-state index contributed by atoms with van der Waals surface area (Å²) in [5.74, 6) is 0.0641. The van der Waals surface area contributed by atoms with Crippen LogP contribution in [0.25, 0.3) is 10.8 Å². The summed E-state index contributed by atoms with van der Waals surface area (Å²) in [5.41, 5.74) is 2.77. The standard InChI is InChI=1S/C25H30N4O2/c1-17(22-16-29(3)28-18(22)2)26-23(30)11-13-25(14-12-24(31)27-25)15-20-9-6-8-19-7-4-5-10-21(19)20/h4-10,16-17H,11-15H2,1-3H3,(H,26,30)(H,27,31)/t17-,25+/m0/s1. The van der Waals surface area contributed by atoms with E-state index in [0.29, 0.717) is 19.3 Å². The molecule has 0 bridgehead atoms. The van der Waals surface area contributed by atoms with Gasteiger partial charge in [-0.25, -0.2) is 0 Å². The summed E-state index contributed by atoms with van der Waals surface area (Å²) in [4.78, 5) is 24.9. The summed E-state index contributed by atoms with van der Waals surface area (Å²) in [6.07, 6.45) is 4.92. The SMILES string of the molecule is Cc1nn(C)cc1[C@H](C)NC(=O)CC[C@]1(Cc2cccc3ccccc23)CCC(=O)N1. The first-order valence-electron chi connectivity index (χ1n) is 10.9. The zero-order valence-electron chi connectivity index (χ0n) is 18.4. The average molecular weight is 419 g/mol. The second-order valence-electron chi connectivity index (χ2n) is 8.78. The van der Waals surface area contributed by atoms with Crippen molar-refractivity contribution in [2.45, 2.75) is 57.5 Å². The van der Waals surface area contributed by atoms with Gasteiger partial charge in [-0.15, -0.1) is 0 Å². The summed E-state index contributed by atoms with van der Waals surface area (Å²) in [7, 11) is 1.88. The van der Waals surface area contributed by atoms with Gasteiger partial charge in [-0.05, 0) is 49.4 Å². The van der Waals surface area contributed by atoms with Gasteiger partial charge in [0.2, 0.25) is 11.8 Å². The van der Waals surface area contributed by atoms with Crippen molar-refractivity contribution in [1.29, 1.82) is 0 Å². The molecule has 1 saturated heterocycles. The van der Waals surface area contributed by atoms with E-state index in [2.05, 4.69) is 46.1 Å². The molecular weight excluding hydrogens is 388 g/mol. The molecule has 4 rings (SSSR count). The van der Waals surface area contributed by atoms with Crippen LogP contribution < -0.4 is 10.6 Å². The molecule has 2 amide bonds. The molecule has 1 aromatic heterocycles. The van der Waals surface area contributed by atoms with Crippen LogP contribution in [0.3, 0.4) is 0 Å². The molecule has 2 heterocycles. The predicted molar refractivity (Wildman–Crippen MR) is 121 cm³/mol. The van der Waals surface area contributed by atoms with Crippen molar-refractivity contribution in [2.24, 2.45) is 7.05 Å². The number of benzene rings is 2. The Morgan fingerprint density at radius 2 is 2.03 bits per heavy atom. The number of nitrogens with zero attached hydrogens (tertiary/aromatic N) is 2. The van der Waals surface area contributed by atoms with Crippen molar-refractivity contribution >= 4 is 22.6 Å². The van der Waals surface area contributed by atoms with Crippen LogP contribution in [0.2, 0.25) is 0 Å². The lowest BCUT2D eigenvalue weighted by atomic mass is 9.83. The summed E-state index contributed by atoms with van der Waals surface area (Å²) < 4.78 is 1.76.